The number of carbonyl (C=O) groups is 2. The number of Topliss-reactive ketones (excluding diaryl/α,β-unsaturated/α-hetero) is 1. The van der Waals surface area contributed by atoms with Gasteiger partial charge in [-0.1, -0.05) is 12.1 Å². The molecule has 0 fully saturated rings. The van der Waals surface area contributed by atoms with Gasteiger partial charge in [-0.15, -0.1) is 0 Å². The maximum absolute atomic E-state index is 14.7. The van der Waals surface area contributed by atoms with Crippen molar-refractivity contribution < 1.29 is 32.3 Å². The van der Waals surface area contributed by atoms with E-state index >= 15 is 0 Å². The molecule has 3 N–H and O–H groups in total. The molecule has 10 heteroatoms. The Labute approximate surface area is 180 Å². The Hall–Kier alpha value is -3.87. The molecule has 0 radical (unpaired) electrons. The zero-order chi connectivity index (χ0) is 23.5. The molecule has 3 rings (SSSR count). The number of aliphatic hydroxyl groups excluding tert-OH is 1. The van der Waals surface area contributed by atoms with Gasteiger partial charge in [-0.05, 0) is 36.8 Å². The quantitative estimate of drug-likeness (QED) is 0.565. The zero-order valence-electron chi connectivity index (χ0n) is 16.5. The standard InChI is InChI=1S/C22H17F4N3O3/c23-16-9-12(11-27)7-8-15(16)20(19-17(30)5-2-6-18(19)31)29-21(32)28-14-4-1-3-13(10-14)22(24,25)26/h1,3-4,7-10,20,30H,2,5-6H2,(H2,28,29,32). The molecule has 0 saturated carbocycles. The number of carbonyl (C=O) groups excluding carboxylic acids is 2. The Morgan fingerprint density at radius 2 is 1.91 bits per heavy atom. The molecule has 1 unspecified atom stereocenters. The van der Waals surface area contributed by atoms with Crippen LogP contribution in [-0.2, 0) is 11.0 Å². The number of aliphatic hydroxyl groups is 1. The molecule has 1 atom stereocenters. The van der Waals surface area contributed by atoms with E-state index in [1.807, 2.05) is 0 Å². The van der Waals surface area contributed by atoms with Crippen LogP contribution in [-0.4, -0.2) is 16.9 Å². The summed E-state index contributed by atoms with van der Waals surface area (Å²) in [6.45, 7) is 0. The number of hydrogen-bond donors (Lipinski definition) is 3. The van der Waals surface area contributed by atoms with Crippen LogP contribution in [0.1, 0.15) is 42.0 Å². The SMILES string of the molecule is N#Cc1ccc(C(NC(=O)Nc2cccc(C(F)(F)F)c2)C2=C(O)CCCC2=O)c(F)c1. The van der Waals surface area contributed by atoms with Crippen molar-refractivity contribution in [2.75, 3.05) is 5.32 Å². The number of allylic oxidation sites excluding steroid dienone is 1. The smallest absolute Gasteiger partial charge is 0.416 e. The monoisotopic (exact) mass is 447 g/mol. The molecule has 0 aromatic heterocycles. The Morgan fingerprint density at radius 1 is 1.16 bits per heavy atom. The molecule has 0 heterocycles. The number of halogens is 4. The van der Waals surface area contributed by atoms with Gasteiger partial charge in [0.2, 0.25) is 0 Å². The molecule has 2 amide bonds. The van der Waals surface area contributed by atoms with E-state index in [1.165, 1.54) is 18.2 Å². The van der Waals surface area contributed by atoms with Gasteiger partial charge in [-0.25, -0.2) is 9.18 Å². The Kier molecular flexibility index (Phi) is 6.48. The Bertz CT molecular complexity index is 1140. The van der Waals surface area contributed by atoms with Gasteiger partial charge < -0.3 is 15.7 Å². The number of amides is 2. The first kappa shape index (κ1) is 22.8. The highest BCUT2D eigenvalue weighted by Gasteiger charge is 2.33. The van der Waals surface area contributed by atoms with Crippen LogP contribution in [0.15, 0.2) is 53.8 Å². The largest absolute Gasteiger partial charge is 0.512 e. The summed E-state index contributed by atoms with van der Waals surface area (Å²) in [7, 11) is 0. The summed E-state index contributed by atoms with van der Waals surface area (Å²) in [5, 5.41) is 23.8. The lowest BCUT2D eigenvalue weighted by molar-refractivity contribution is -0.137. The van der Waals surface area contributed by atoms with Crippen molar-refractivity contribution in [1.29, 1.82) is 5.26 Å². The van der Waals surface area contributed by atoms with Gasteiger partial charge in [0.25, 0.3) is 0 Å². The number of hydrogen-bond acceptors (Lipinski definition) is 4. The number of benzene rings is 2. The Morgan fingerprint density at radius 3 is 2.53 bits per heavy atom. The van der Waals surface area contributed by atoms with Crippen LogP contribution in [0.5, 0.6) is 0 Å². The van der Waals surface area contributed by atoms with Gasteiger partial charge in [0.1, 0.15) is 11.6 Å². The highest BCUT2D eigenvalue weighted by atomic mass is 19.4. The number of ketones is 1. The van der Waals surface area contributed by atoms with E-state index in [0.29, 0.717) is 6.42 Å². The second kappa shape index (κ2) is 9.09. The summed E-state index contributed by atoms with van der Waals surface area (Å²) in [6, 6.07) is 6.62. The molecule has 166 valence electrons. The van der Waals surface area contributed by atoms with Gasteiger partial charge in [0, 0.05) is 24.1 Å². The second-order valence-electron chi connectivity index (χ2n) is 7.10. The zero-order valence-corrected chi connectivity index (χ0v) is 16.5. The van der Waals surface area contributed by atoms with Gasteiger partial charge in [0.15, 0.2) is 5.78 Å². The molecule has 2 aromatic carbocycles. The van der Waals surface area contributed by atoms with Crippen molar-refractivity contribution in [2.45, 2.75) is 31.5 Å². The molecule has 2 aromatic rings. The van der Waals surface area contributed by atoms with Crippen molar-refractivity contribution in [1.82, 2.24) is 5.32 Å². The summed E-state index contributed by atoms with van der Waals surface area (Å²) in [5.41, 5.74) is -1.54. The van der Waals surface area contributed by atoms with Crippen LogP contribution >= 0.6 is 0 Å². The fraction of sp³-hybridized carbons (Fsp3) is 0.227. The highest BCUT2D eigenvalue weighted by molar-refractivity contribution is 5.99. The molecule has 0 aliphatic heterocycles. The predicted molar refractivity (Wildman–Crippen MR) is 106 cm³/mol. The van der Waals surface area contributed by atoms with Crippen LogP contribution in [0.3, 0.4) is 0 Å². The lowest BCUT2D eigenvalue weighted by atomic mass is 9.87. The van der Waals surface area contributed by atoms with Crippen molar-refractivity contribution in [2.24, 2.45) is 0 Å². The molecular formula is C22H17F4N3O3. The van der Waals surface area contributed by atoms with Gasteiger partial charge in [-0.3, -0.25) is 4.79 Å². The van der Waals surface area contributed by atoms with E-state index in [0.717, 1.165) is 24.3 Å². The van der Waals surface area contributed by atoms with Gasteiger partial charge in [-0.2, -0.15) is 18.4 Å². The number of nitrogens with zero attached hydrogens (tertiary/aromatic N) is 1. The minimum absolute atomic E-state index is 0.00610. The van der Waals surface area contributed by atoms with E-state index in [4.69, 9.17) is 5.26 Å². The fourth-order valence-corrected chi connectivity index (χ4v) is 3.38. The average molecular weight is 447 g/mol. The van der Waals surface area contributed by atoms with Crippen molar-refractivity contribution in [3.8, 4) is 6.07 Å². The van der Waals surface area contributed by atoms with Gasteiger partial charge >= 0.3 is 12.2 Å². The fourth-order valence-electron chi connectivity index (χ4n) is 3.38. The summed E-state index contributed by atoms with van der Waals surface area (Å²) < 4.78 is 53.4. The molecule has 1 aliphatic rings. The molecule has 6 nitrogen and oxygen atoms in total. The highest BCUT2D eigenvalue weighted by Crippen LogP contribution is 2.33. The maximum atomic E-state index is 14.7. The first-order valence-corrected chi connectivity index (χ1v) is 9.49. The van der Waals surface area contributed by atoms with Crippen LogP contribution in [0.2, 0.25) is 0 Å². The normalized spacial score (nSPS) is 15.2. The lowest BCUT2D eigenvalue weighted by Gasteiger charge is -2.26. The molecule has 1 aliphatic carbocycles. The van der Waals surface area contributed by atoms with E-state index in [9.17, 15) is 32.3 Å². The molecule has 32 heavy (non-hydrogen) atoms. The summed E-state index contributed by atoms with van der Waals surface area (Å²) >= 11 is 0. The van der Waals surface area contributed by atoms with Crippen LogP contribution in [0, 0.1) is 17.1 Å². The minimum atomic E-state index is -4.62. The molecule has 0 saturated heterocycles. The van der Waals surface area contributed by atoms with E-state index in [-0.39, 0.29) is 41.0 Å². The van der Waals surface area contributed by atoms with Crippen LogP contribution in [0.4, 0.5) is 28.0 Å². The van der Waals surface area contributed by atoms with E-state index in [1.54, 1.807) is 6.07 Å². The third kappa shape index (κ3) is 5.06. The van der Waals surface area contributed by atoms with Crippen molar-refractivity contribution in [3.63, 3.8) is 0 Å². The number of anilines is 1. The summed E-state index contributed by atoms with van der Waals surface area (Å²) in [5.74, 6) is -1.71. The molecular weight excluding hydrogens is 430 g/mol. The number of urea groups is 1. The number of nitrogens with one attached hydrogen (secondary N) is 2. The minimum Gasteiger partial charge on any atom is -0.512 e. The van der Waals surface area contributed by atoms with Crippen LogP contribution in [0.25, 0.3) is 0 Å². The second-order valence-corrected chi connectivity index (χ2v) is 7.10. The average Bonchev–Trinajstić information content (AvgIpc) is 2.72. The summed E-state index contributed by atoms with van der Waals surface area (Å²) in [4.78, 5) is 25.0. The maximum Gasteiger partial charge on any atom is 0.416 e. The third-order valence-corrected chi connectivity index (χ3v) is 4.88. The summed E-state index contributed by atoms with van der Waals surface area (Å²) in [6.07, 6.45) is -4.02. The lowest BCUT2D eigenvalue weighted by Crippen LogP contribution is -2.37. The van der Waals surface area contributed by atoms with Crippen molar-refractivity contribution >= 4 is 17.5 Å². The first-order chi connectivity index (χ1) is 15.1. The molecule has 0 spiro atoms. The van der Waals surface area contributed by atoms with Crippen LogP contribution < -0.4 is 10.6 Å². The molecule has 0 bridgehead atoms. The van der Waals surface area contributed by atoms with E-state index in [2.05, 4.69) is 10.6 Å². The topological polar surface area (TPSA) is 102 Å². The number of rotatable bonds is 4. The van der Waals surface area contributed by atoms with E-state index < -0.39 is 35.4 Å². The van der Waals surface area contributed by atoms with Gasteiger partial charge in [0.05, 0.1) is 28.8 Å². The Balaban J connectivity index is 1.94. The first-order valence-electron chi connectivity index (χ1n) is 9.49. The predicted octanol–water partition coefficient (Wildman–Crippen LogP) is 5.14. The number of nitriles is 1. The third-order valence-electron chi connectivity index (χ3n) is 4.88. The number of alkyl halides is 3. The van der Waals surface area contributed by atoms with Crippen molar-refractivity contribution in [3.05, 3.63) is 76.3 Å².